The summed E-state index contributed by atoms with van der Waals surface area (Å²) in [5.41, 5.74) is 0.351. The Hall–Kier alpha value is -2.15. The summed E-state index contributed by atoms with van der Waals surface area (Å²) in [7, 11) is 0. The van der Waals surface area contributed by atoms with Crippen LogP contribution < -0.4 is 5.32 Å². The number of amides is 1. The van der Waals surface area contributed by atoms with E-state index >= 15 is 0 Å². The summed E-state index contributed by atoms with van der Waals surface area (Å²) in [6.45, 7) is 0. The number of carbonyl (C=O) groups is 2. The summed E-state index contributed by atoms with van der Waals surface area (Å²) >= 11 is 3.08. The lowest BCUT2D eigenvalue weighted by Gasteiger charge is -2.03. The molecule has 0 saturated carbocycles. The van der Waals surface area contributed by atoms with Gasteiger partial charge in [-0.2, -0.15) is 0 Å². The minimum Gasteiger partial charge on any atom is -0.478 e. The van der Waals surface area contributed by atoms with E-state index in [0.717, 1.165) is 0 Å². The van der Waals surface area contributed by atoms with E-state index in [9.17, 15) is 9.59 Å². The SMILES string of the molecule is O=C(O)c1ccnc(NC(=O)c2ccoc2Br)c1. The molecule has 0 spiro atoms. The number of carboxylic acid groups (broad SMARTS) is 1. The van der Waals surface area contributed by atoms with Gasteiger partial charge >= 0.3 is 5.97 Å². The first-order chi connectivity index (χ1) is 8.58. The fourth-order valence-corrected chi connectivity index (χ4v) is 1.69. The summed E-state index contributed by atoms with van der Waals surface area (Å²) < 4.78 is 5.23. The van der Waals surface area contributed by atoms with E-state index in [4.69, 9.17) is 9.52 Å². The van der Waals surface area contributed by atoms with E-state index in [2.05, 4.69) is 26.2 Å². The first-order valence-corrected chi connectivity index (χ1v) is 5.61. The lowest BCUT2D eigenvalue weighted by Crippen LogP contribution is -2.13. The highest BCUT2D eigenvalue weighted by Crippen LogP contribution is 2.18. The molecule has 2 heterocycles. The average Bonchev–Trinajstić information content (AvgIpc) is 2.76. The minimum atomic E-state index is -1.09. The lowest BCUT2D eigenvalue weighted by molar-refractivity contribution is 0.0696. The van der Waals surface area contributed by atoms with Gasteiger partial charge in [0.25, 0.3) is 5.91 Å². The Morgan fingerprint density at radius 2 is 2.17 bits per heavy atom. The second-order valence-electron chi connectivity index (χ2n) is 3.30. The standard InChI is InChI=1S/C11H7BrN2O4/c12-9-7(2-4-18-9)10(15)14-8-5-6(11(16)17)1-3-13-8/h1-5H,(H,16,17)(H,13,14,15). The fourth-order valence-electron chi connectivity index (χ4n) is 1.27. The topological polar surface area (TPSA) is 92.4 Å². The molecule has 2 N–H and O–H groups in total. The predicted molar refractivity (Wildman–Crippen MR) is 65.6 cm³/mol. The molecule has 0 atom stereocenters. The third-order valence-corrected chi connectivity index (χ3v) is 2.73. The molecular formula is C11H7BrN2O4. The zero-order valence-electron chi connectivity index (χ0n) is 8.88. The first kappa shape index (κ1) is 12.3. The van der Waals surface area contributed by atoms with Crippen LogP contribution in [-0.2, 0) is 0 Å². The number of carbonyl (C=O) groups excluding carboxylic acids is 1. The molecule has 2 aromatic rings. The van der Waals surface area contributed by atoms with Gasteiger partial charge in [0.15, 0.2) is 4.67 Å². The molecule has 0 fully saturated rings. The largest absolute Gasteiger partial charge is 0.478 e. The molecule has 0 aliphatic rings. The third kappa shape index (κ3) is 2.57. The highest BCUT2D eigenvalue weighted by atomic mass is 79.9. The maximum Gasteiger partial charge on any atom is 0.335 e. The van der Waals surface area contributed by atoms with Gasteiger partial charge in [-0.1, -0.05) is 0 Å². The number of nitrogens with zero attached hydrogens (tertiary/aromatic N) is 1. The Morgan fingerprint density at radius 1 is 1.39 bits per heavy atom. The normalized spacial score (nSPS) is 10.1. The second kappa shape index (κ2) is 5.01. The Labute approximate surface area is 110 Å². The molecule has 0 aliphatic carbocycles. The predicted octanol–water partition coefficient (Wildman–Crippen LogP) is 2.39. The number of carboxylic acids is 1. The molecule has 0 bridgehead atoms. The molecule has 1 amide bonds. The van der Waals surface area contributed by atoms with Gasteiger partial charge in [0, 0.05) is 6.20 Å². The second-order valence-corrected chi connectivity index (χ2v) is 4.02. The van der Waals surface area contributed by atoms with E-state index in [-0.39, 0.29) is 11.4 Å². The Balaban J connectivity index is 2.20. The summed E-state index contributed by atoms with van der Waals surface area (Å²) in [5, 5.41) is 11.3. The summed E-state index contributed by atoms with van der Waals surface area (Å²) in [4.78, 5) is 26.4. The van der Waals surface area contributed by atoms with Crippen molar-refractivity contribution in [2.75, 3.05) is 5.32 Å². The van der Waals surface area contributed by atoms with E-state index in [0.29, 0.717) is 10.2 Å². The summed E-state index contributed by atoms with van der Waals surface area (Å²) in [5.74, 6) is -1.36. The monoisotopic (exact) mass is 310 g/mol. The number of furan rings is 1. The van der Waals surface area contributed by atoms with Crippen molar-refractivity contribution in [3.8, 4) is 0 Å². The lowest BCUT2D eigenvalue weighted by atomic mass is 10.2. The van der Waals surface area contributed by atoms with Gasteiger partial charge < -0.3 is 14.8 Å². The van der Waals surface area contributed by atoms with Gasteiger partial charge in [0.1, 0.15) is 5.82 Å². The molecule has 6 nitrogen and oxygen atoms in total. The Bertz CT molecular complexity index is 609. The molecule has 0 aromatic carbocycles. The molecule has 92 valence electrons. The van der Waals surface area contributed by atoms with Crippen molar-refractivity contribution in [3.63, 3.8) is 0 Å². The number of aromatic carboxylic acids is 1. The highest BCUT2D eigenvalue weighted by molar-refractivity contribution is 9.10. The van der Waals surface area contributed by atoms with Crippen molar-refractivity contribution in [2.45, 2.75) is 0 Å². The molecule has 2 aromatic heterocycles. The van der Waals surface area contributed by atoms with Gasteiger partial charge in [-0.05, 0) is 34.1 Å². The van der Waals surface area contributed by atoms with Crippen LogP contribution in [0.25, 0.3) is 0 Å². The quantitative estimate of drug-likeness (QED) is 0.908. The smallest absolute Gasteiger partial charge is 0.335 e. The van der Waals surface area contributed by atoms with Gasteiger partial charge in [-0.25, -0.2) is 9.78 Å². The number of pyridine rings is 1. The minimum absolute atomic E-state index is 0.0477. The summed E-state index contributed by atoms with van der Waals surface area (Å²) in [6.07, 6.45) is 2.67. The van der Waals surface area contributed by atoms with Crippen LogP contribution >= 0.6 is 15.9 Å². The van der Waals surface area contributed by atoms with Crippen LogP contribution in [0.1, 0.15) is 20.7 Å². The zero-order valence-corrected chi connectivity index (χ0v) is 10.5. The number of hydrogen-bond acceptors (Lipinski definition) is 4. The van der Waals surface area contributed by atoms with E-state index in [1.807, 2.05) is 0 Å². The van der Waals surface area contributed by atoms with Crippen LogP contribution in [0.5, 0.6) is 0 Å². The molecule has 2 rings (SSSR count). The number of halogens is 1. The molecule has 0 saturated heterocycles. The van der Waals surface area contributed by atoms with E-state index in [1.54, 1.807) is 0 Å². The van der Waals surface area contributed by atoms with Gasteiger partial charge in [0.05, 0.1) is 17.4 Å². The Kier molecular flexibility index (Phi) is 3.42. The number of aromatic nitrogens is 1. The van der Waals surface area contributed by atoms with Crippen LogP contribution in [0.4, 0.5) is 5.82 Å². The van der Waals surface area contributed by atoms with Gasteiger partial charge in [0.2, 0.25) is 0 Å². The van der Waals surface area contributed by atoms with Crippen LogP contribution in [0.2, 0.25) is 0 Å². The highest BCUT2D eigenvalue weighted by Gasteiger charge is 2.14. The molecule has 0 radical (unpaired) electrons. The van der Waals surface area contributed by atoms with Crippen LogP contribution in [0.3, 0.4) is 0 Å². The van der Waals surface area contributed by atoms with E-state index in [1.165, 1.54) is 30.7 Å². The van der Waals surface area contributed by atoms with Crippen molar-refractivity contribution in [1.29, 1.82) is 0 Å². The number of hydrogen-bond donors (Lipinski definition) is 2. The van der Waals surface area contributed by atoms with Crippen LogP contribution in [0, 0.1) is 0 Å². The van der Waals surface area contributed by atoms with Crippen molar-refractivity contribution in [2.24, 2.45) is 0 Å². The van der Waals surface area contributed by atoms with Gasteiger partial charge in [-0.3, -0.25) is 4.79 Å². The Morgan fingerprint density at radius 3 is 2.78 bits per heavy atom. The molecule has 18 heavy (non-hydrogen) atoms. The van der Waals surface area contributed by atoms with Crippen molar-refractivity contribution in [3.05, 3.63) is 46.5 Å². The molecular weight excluding hydrogens is 304 g/mol. The van der Waals surface area contributed by atoms with Crippen molar-refractivity contribution >= 4 is 33.6 Å². The fraction of sp³-hybridized carbons (Fsp3) is 0. The van der Waals surface area contributed by atoms with Crippen LogP contribution in [-0.4, -0.2) is 22.0 Å². The summed E-state index contributed by atoms with van der Waals surface area (Å²) in [6, 6.07) is 4.10. The van der Waals surface area contributed by atoms with Crippen LogP contribution in [0.15, 0.2) is 39.7 Å². The van der Waals surface area contributed by atoms with Crippen molar-refractivity contribution < 1.29 is 19.1 Å². The number of anilines is 1. The zero-order chi connectivity index (χ0) is 13.1. The molecule has 0 unspecified atom stereocenters. The number of nitrogens with one attached hydrogen (secondary N) is 1. The molecule has 7 heteroatoms. The average molecular weight is 311 g/mol. The molecule has 0 aliphatic heterocycles. The van der Waals surface area contributed by atoms with Crippen molar-refractivity contribution in [1.82, 2.24) is 4.98 Å². The maximum absolute atomic E-state index is 11.8. The number of rotatable bonds is 3. The third-order valence-electron chi connectivity index (χ3n) is 2.11. The van der Waals surface area contributed by atoms with E-state index < -0.39 is 11.9 Å². The first-order valence-electron chi connectivity index (χ1n) is 4.81. The van der Waals surface area contributed by atoms with Gasteiger partial charge in [-0.15, -0.1) is 0 Å². The maximum atomic E-state index is 11.8.